The van der Waals surface area contributed by atoms with Crippen LogP contribution >= 0.6 is 7.82 Å². The number of carbonyl (C=O) groups is 2. The van der Waals surface area contributed by atoms with Crippen molar-refractivity contribution in [2.45, 2.75) is 258 Å². The van der Waals surface area contributed by atoms with E-state index >= 15 is 0 Å². The maximum absolute atomic E-state index is 12.6. The van der Waals surface area contributed by atoms with Gasteiger partial charge in [0.25, 0.3) is 0 Å². The van der Waals surface area contributed by atoms with Crippen LogP contribution in [0.15, 0.2) is 0 Å². The smallest absolute Gasteiger partial charge is 0.462 e. The molecule has 0 aliphatic heterocycles. The molecule has 334 valence electrons. The van der Waals surface area contributed by atoms with Gasteiger partial charge in [0.05, 0.1) is 13.2 Å². The molecule has 0 spiro atoms. The Hall–Kier alpha value is -0.990. The molecule has 56 heavy (non-hydrogen) atoms. The minimum absolute atomic E-state index is 0.0582. The van der Waals surface area contributed by atoms with Gasteiger partial charge in [-0.15, -0.1) is 0 Å². The lowest BCUT2D eigenvalue weighted by molar-refractivity contribution is -0.161. The quantitative estimate of drug-likeness (QED) is 0.0350. The van der Waals surface area contributed by atoms with Gasteiger partial charge in [-0.25, -0.2) is 4.57 Å². The summed E-state index contributed by atoms with van der Waals surface area (Å²) in [5, 5.41) is 0. The second-order valence-electron chi connectivity index (χ2n) is 16.3. The van der Waals surface area contributed by atoms with Crippen LogP contribution in [0.2, 0.25) is 0 Å². The molecular formula is C46H92NO8P. The van der Waals surface area contributed by atoms with E-state index in [4.69, 9.17) is 24.3 Å². The molecule has 0 rings (SSSR count). The first-order chi connectivity index (χ1) is 27.3. The van der Waals surface area contributed by atoms with E-state index in [2.05, 4.69) is 13.8 Å². The molecule has 9 nitrogen and oxygen atoms in total. The Morgan fingerprint density at radius 1 is 0.464 bits per heavy atom. The molecular weight excluding hydrogens is 725 g/mol. The third-order valence-corrected chi connectivity index (χ3v) is 11.7. The Morgan fingerprint density at radius 3 is 1.09 bits per heavy atom. The number of esters is 2. The molecule has 10 heteroatoms. The first kappa shape index (κ1) is 55.0. The van der Waals surface area contributed by atoms with Crippen molar-refractivity contribution in [3.05, 3.63) is 0 Å². The van der Waals surface area contributed by atoms with Gasteiger partial charge >= 0.3 is 19.8 Å². The average molecular weight is 818 g/mol. The number of unbranched alkanes of at least 4 members (excludes halogenated alkanes) is 33. The number of hydrogen-bond acceptors (Lipinski definition) is 8. The monoisotopic (exact) mass is 818 g/mol. The zero-order valence-corrected chi connectivity index (χ0v) is 37.8. The molecule has 0 saturated heterocycles. The lowest BCUT2D eigenvalue weighted by Crippen LogP contribution is -2.29. The van der Waals surface area contributed by atoms with Crippen LogP contribution in [0.1, 0.15) is 251 Å². The summed E-state index contributed by atoms with van der Waals surface area (Å²) >= 11 is 0. The minimum atomic E-state index is -4.37. The van der Waals surface area contributed by atoms with Crippen LogP contribution in [0.3, 0.4) is 0 Å². The normalized spacial score (nSPS) is 13.1. The van der Waals surface area contributed by atoms with Gasteiger partial charge in [-0.1, -0.05) is 226 Å². The summed E-state index contributed by atoms with van der Waals surface area (Å²) in [5.41, 5.74) is 5.36. The lowest BCUT2D eigenvalue weighted by Gasteiger charge is -2.19. The molecule has 0 saturated carbocycles. The number of phosphoric acid groups is 1. The van der Waals surface area contributed by atoms with Crippen LogP contribution in [0.4, 0.5) is 0 Å². The van der Waals surface area contributed by atoms with E-state index in [0.717, 1.165) is 32.1 Å². The first-order valence-corrected chi connectivity index (χ1v) is 25.5. The van der Waals surface area contributed by atoms with Gasteiger partial charge in [0.1, 0.15) is 6.61 Å². The SMILES string of the molecule is CCCCCCCCCCCCCCCCCCCCCCCC(=O)OC[C@@H](COP(=O)(O)OCCN)OC(=O)CCCCCCCCCCCCCCCC. The second-order valence-corrected chi connectivity index (χ2v) is 17.8. The largest absolute Gasteiger partial charge is 0.472 e. The van der Waals surface area contributed by atoms with Crippen LogP contribution in [-0.2, 0) is 32.7 Å². The Labute approximate surface area is 346 Å². The fourth-order valence-corrected chi connectivity index (χ4v) is 7.93. The van der Waals surface area contributed by atoms with E-state index in [0.29, 0.717) is 6.42 Å². The third-order valence-electron chi connectivity index (χ3n) is 10.7. The molecule has 2 atom stereocenters. The molecule has 0 aliphatic rings. The summed E-state index contributed by atoms with van der Waals surface area (Å²) in [6, 6.07) is 0. The first-order valence-electron chi connectivity index (χ1n) is 24.0. The molecule has 0 aromatic carbocycles. The second kappa shape index (κ2) is 43.6. The molecule has 3 N–H and O–H groups in total. The van der Waals surface area contributed by atoms with E-state index in [-0.39, 0.29) is 38.6 Å². The highest BCUT2D eigenvalue weighted by Crippen LogP contribution is 2.43. The van der Waals surface area contributed by atoms with Crippen molar-refractivity contribution >= 4 is 19.8 Å². The standard InChI is InChI=1S/C46H92NO8P/c1-3-5-7-9-11-13-15-17-19-20-21-22-23-24-25-27-28-30-32-34-36-38-45(48)52-42-44(43-54-56(50,51)53-41-40-47)55-46(49)39-37-35-33-31-29-26-18-16-14-12-10-8-6-4-2/h44H,3-43,47H2,1-2H3,(H,50,51)/t44-/m0/s1. The summed E-state index contributed by atoms with van der Waals surface area (Å²) in [5.74, 6) is -0.809. The average Bonchev–Trinajstić information content (AvgIpc) is 3.18. The summed E-state index contributed by atoms with van der Waals surface area (Å²) in [7, 11) is -4.37. The van der Waals surface area contributed by atoms with Gasteiger partial charge in [-0.05, 0) is 12.8 Å². The molecule has 0 amide bonds. The maximum atomic E-state index is 12.6. The van der Waals surface area contributed by atoms with Crippen molar-refractivity contribution in [3.63, 3.8) is 0 Å². The van der Waals surface area contributed by atoms with Crippen molar-refractivity contribution in [2.24, 2.45) is 5.73 Å². The molecule has 0 radical (unpaired) electrons. The minimum Gasteiger partial charge on any atom is -0.462 e. The number of hydrogen-bond donors (Lipinski definition) is 2. The highest BCUT2D eigenvalue weighted by molar-refractivity contribution is 7.47. The summed E-state index contributed by atoms with van der Waals surface area (Å²) < 4.78 is 32.9. The van der Waals surface area contributed by atoms with Crippen molar-refractivity contribution < 1.29 is 37.6 Å². The fraction of sp³-hybridized carbons (Fsp3) is 0.957. The van der Waals surface area contributed by atoms with Gasteiger partial charge in [-0.3, -0.25) is 18.6 Å². The molecule has 0 aliphatic carbocycles. The summed E-state index contributed by atoms with van der Waals surface area (Å²) in [6.45, 7) is 3.79. The van der Waals surface area contributed by atoms with Gasteiger partial charge < -0.3 is 20.1 Å². The van der Waals surface area contributed by atoms with E-state index < -0.39 is 26.5 Å². The zero-order valence-electron chi connectivity index (χ0n) is 36.9. The number of phosphoric ester groups is 1. The van der Waals surface area contributed by atoms with Gasteiger partial charge in [-0.2, -0.15) is 0 Å². The third kappa shape index (κ3) is 42.6. The Bertz CT molecular complexity index is 891. The highest BCUT2D eigenvalue weighted by atomic mass is 31.2. The van der Waals surface area contributed by atoms with Crippen LogP contribution in [0.5, 0.6) is 0 Å². The van der Waals surface area contributed by atoms with Crippen molar-refractivity contribution in [2.75, 3.05) is 26.4 Å². The van der Waals surface area contributed by atoms with E-state index in [1.165, 1.54) is 186 Å². The predicted octanol–water partition coefficient (Wildman–Crippen LogP) is 14.0. The van der Waals surface area contributed by atoms with Crippen molar-refractivity contribution in [3.8, 4) is 0 Å². The van der Waals surface area contributed by atoms with Crippen LogP contribution in [-0.4, -0.2) is 49.3 Å². The Kier molecular flexibility index (Phi) is 42.8. The number of rotatable bonds is 46. The van der Waals surface area contributed by atoms with Crippen LogP contribution in [0.25, 0.3) is 0 Å². The van der Waals surface area contributed by atoms with Crippen LogP contribution in [0, 0.1) is 0 Å². The fourth-order valence-electron chi connectivity index (χ4n) is 7.17. The van der Waals surface area contributed by atoms with E-state index in [1.807, 2.05) is 0 Å². The molecule has 0 aromatic heterocycles. The topological polar surface area (TPSA) is 134 Å². The number of carbonyl (C=O) groups excluding carboxylic acids is 2. The van der Waals surface area contributed by atoms with Gasteiger partial charge in [0.2, 0.25) is 0 Å². The maximum Gasteiger partial charge on any atom is 0.472 e. The highest BCUT2D eigenvalue weighted by Gasteiger charge is 2.26. The molecule has 0 bridgehead atoms. The summed E-state index contributed by atoms with van der Waals surface area (Å²) in [6.07, 6.45) is 44.2. The van der Waals surface area contributed by atoms with Gasteiger partial charge in [0.15, 0.2) is 6.10 Å². The molecule has 1 unspecified atom stereocenters. The van der Waals surface area contributed by atoms with Crippen LogP contribution < -0.4 is 5.73 Å². The zero-order chi connectivity index (χ0) is 41.1. The van der Waals surface area contributed by atoms with Crippen molar-refractivity contribution in [1.29, 1.82) is 0 Å². The van der Waals surface area contributed by atoms with E-state index in [1.54, 1.807) is 0 Å². The summed E-state index contributed by atoms with van der Waals surface area (Å²) in [4.78, 5) is 34.9. The Morgan fingerprint density at radius 2 is 0.768 bits per heavy atom. The molecule has 0 aromatic rings. The number of nitrogens with two attached hydrogens (primary N) is 1. The predicted molar refractivity (Wildman–Crippen MR) is 234 cm³/mol. The van der Waals surface area contributed by atoms with E-state index in [9.17, 15) is 19.0 Å². The Balaban J connectivity index is 3.99. The number of ether oxygens (including phenoxy) is 2. The van der Waals surface area contributed by atoms with Gasteiger partial charge in [0, 0.05) is 19.4 Å². The van der Waals surface area contributed by atoms with Crippen molar-refractivity contribution in [1.82, 2.24) is 0 Å². The molecule has 0 fully saturated rings. The molecule has 0 heterocycles. The lowest BCUT2D eigenvalue weighted by atomic mass is 10.0.